The average Bonchev–Trinajstić information content (AvgIpc) is 3.11. The minimum atomic E-state index is -0.0318. The van der Waals surface area contributed by atoms with E-state index >= 15 is 0 Å². The first kappa shape index (κ1) is 16.7. The highest BCUT2D eigenvalue weighted by Crippen LogP contribution is 2.28. The van der Waals surface area contributed by atoms with Crippen LogP contribution in [0.25, 0.3) is 11.5 Å². The van der Waals surface area contributed by atoms with E-state index < -0.39 is 0 Å². The Morgan fingerprint density at radius 1 is 1.08 bits per heavy atom. The van der Waals surface area contributed by atoms with E-state index in [0.29, 0.717) is 36.9 Å². The van der Waals surface area contributed by atoms with Gasteiger partial charge >= 0.3 is 0 Å². The van der Waals surface area contributed by atoms with Crippen molar-refractivity contribution < 1.29 is 13.9 Å². The molecule has 0 aliphatic heterocycles. The summed E-state index contributed by atoms with van der Waals surface area (Å²) in [6, 6.07) is 17.1. The molecule has 128 valence electrons. The van der Waals surface area contributed by atoms with Gasteiger partial charge in [0.25, 0.3) is 5.89 Å². The van der Waals surface area contributed by atoms with Crippen molar-refractivity contribution in [3.8, 4) is 17.2 Å². The molecule has 0 saturated heterocycles. The van der Waals surface area contributed by atoms with Gasteiger partial charge in [-0.15, -0.1) is 10.2 Å². The predicted octanol–water partition coefficient (Wildman–Crippen LogP) is 2.65. The Hall–Kier alpha value is -3.15. The van der Waals surface area contributed by atoms with Crippen LogP contribution >= 0.6 is 0 Å². The second-order valence-electron chi connectivity index (χ2n) is 5.46. The molecular weight excluding hydrogens is 318 g/mol. The van der Waals surface area contributed by atoms with Gasteiger partial charge in [0.05, 0.1) is 19.1 Å². The monoisotopic (exact) mass is 337 g/mol. The fraction of sp³-hybridized carbons (Fsp3) is 0.211. The molecule has 0 aliphatic carbocycles. The quantitative estimate of drug-likeness (QED) is 0.717. The summed E-state index contributed by atoms with van der Waals surface area (Å²) in [6.45, 7) is 0.444. The molecule has 25 heavy (non-hydrogen) atoms. The summed E-state index contributed by atoms with van der Waals surface area (Å²) in [6.07, 6.45) is 0.833. The second-order valence-corrected chi connectivity index (χ2v) is 5.46. The molecule has 0 unspecified atom stereocenters. The highest BCUT2D eigenvalue weighted by atomic mass is 16.5. The number of nitrogens with zero attached hydrogens (tertiary/aromatic N) is 2. The topological polar surface area (TPSA) is 77.3 Å². The molecule has 0 radical (unpaired) electrons. The van der Waals surface area contributed by atoms with E-state index in [1.54, 1.807) is 7.11 Å². The molecule has 1 amide bonds. The van der Waals surface area contributed by atoms with Crippen molar-refractivity contribution in [3.05, 3.63) is 66.1 Å². The number of amides is 1. The Balaban J connectivity index is 1.53. The van der Waals surface area contributed by atoms with Crippen LogP contribution in [0.15, 0.2) is 59.0 Å². The number of carbonyl (C=O) groups excluding carboxylic acids is 1. The van der Waals surface area contributed by atoms with Crippen LogP contribution in [-0.4, -0.2) is 29.8 Å². The number of ether oxygens (including phenoxy) is 1. The first-order chi connectivity index (χ1) is 12.3. The first-order valence-electron chi connectivity index (χ1n) is 8.02. The third-order valence-electron chi connectivity index (χ3n) is 3.67. The Bertz CT molecular complexity index is 831. The van der Waals surface area contributed by atoms with Crippen molar-refractivity contribution in [1.29, 1.82) is 0 Å². The third kappa shape index (κ3) is 4.44. The van der Waals surface area contributed by atoms with Crippen molar-refractivity contribution in [3.63, 3.8) is 0 Å². The molecule has 1 heterocycles. The molecule has 6 heteroatoms. The largest absolute Gasteiger partial charge is 0.496 e. The highest BCUT2D eigenvalue weighted by molar-refractivity contribution is 5.78. The Morgan fingerprint density at radius 3 is 2.64 bits per heavy atom. The van der Waals surface area contributed by atoms with Crippen molar-refractivity contribution >= 4 is 5.91 Å². The zero-order valence-electron chi connectivity index (χ0n) is 13.9. The van der Waals surface area contributed by atoms with Gasteiger partial charge in [-0.1, -0.05) is 42.5 Å². The van der Waals surface area contributed by atoms with Gasteiger partial charge in [-0.25, -0.2) is 0 Å². The maximum Gasteiger partial charge on any atom is 0.251 e. The molecule has 1 aromatic heterocycles. The Kier molecular flexibility index (Phi) is 5.41. The molecule has 0 atom stereocenters. The average molecular weight is 337 g/mol. The summed E-state index contributed by atoms with van der Waals surface area (Å²) in [5.74, 6) is 1.52. The molecule has 0 saturated carbocycles. The molecule has 0 spiro atoms. The number of hydrogen-bond donors (Lipinski definition) is 1. The van der Waals surface area contributed by atoms with Gasteiger partial charge in [-0.2, -0.15) is 0 Å². The summed E-state index contributed by atoms with van der Waals surface area (Å²) in [7, 11) is 1.60. The lowest BCUT2D eigenvalue weighted by Crippen LogP contribution is -2.27. The normalized spacial score (nSPS) is 10.4. The van der Waals surface area contributed by atoms with E-state index in [1.165, 1.54) is 0 Å². The number of methoxy groups -OCH3 is 1. The fourth-order valence-corrected chi connectivity index (χ4v) is 2.44. The molecular formula is C19H19N3O3. The van der Waals surface area contributed by atoms with Crippen LogP contribution in [0.1, 0.15) is 11.5 Å². The van der Waals surface area contributed by atoms with Crippen LogP contribution in [0, 0.1) is 0 Å². The molecule has 0 bridgehead atoms. The molecule has 2 aromatic carbocycles. The Morgan fingerprint density at radius 2 is 1.84 bits per heavy atom. The molecule has 3 aromatic rings. The fourth-order valence-electron chi connectivity index (χ4n) is 2.44. The van der Waals surface area contributed by atoms with Gasteiger partial charge in [0.15, 0.2) is 0 Å². The minimum Gasteiger partial charge on any atom is -0.496 e. The number of para-hydroxylation sites is 1. The second kappa shape index (κ2) is 8.10. The summed E-state index contributed by atoms with van der Waals surface area (Å²) < 4.78 is 11.0. The molecule has 3 rings (SSSR count). The van der Waals surface area contributed by atoms with Gasteiger partial charge in [-0.05, 0) is 17.7 Å². The molecule has 6 nitrogen and oxygen atoms in total. The van der Waals surface area contributed by atoms with Gasteiger partial charge in [0.1, 0.15) is 5.75 Å². The summed E-state index contributed by atoms with van der Waals surface area (Å²) in [4.78, 5) is 11.9. The van der Waals surface area contributed by atoms with E-state index in [-0.39, 0.29) is 5.91 Å². The SMILES string of the molecule is COc1ccccc1-c1nnc(CCNC(=O)Cc2ccccc2)o1. The van der Waals surface area contributed by atoms with E-state index in [4.69, 9.17) is 9.15 Å². The number of nitrogens with one attached hydrogen (secondary N) is 1. The lowest BCUT2D eigenvalue weighted by Gasteiger charge is -2.04. The predicted molar refractivity (Wildman–Crippen MR) is 93.1 cm³/mol. The van der Waals surface area contributed by atoms with Crippen LogP contribution in [-0.2, 0) is 17.6 Å². The smallest absolute Gasteiger partial charge is 0.251 e. The van der Waals surface area contributed by atoms with Crippen molar-refractivity contribution in [2.45, 2.75) is 12.8 Å². The van der Waals surface area contributed by atoms with Gasteiger partial charge in [0.2, 0.25) is 11.8 Å². The van der Waals surface area contributed by atoms with E-state index in [1.807, 2.05) is 54.6 Å². The summed E-state index contributed by atoms with van der Waals surface area (Å²) >= 11 is 0. The number of carbonyl (C=O) groups is 1. The number of hydrogen-bond acceptors (Lipinski definition) is 5. The van der Waals surface area contributed by atoms with Crippen molar-refractivity contribution in [2.24, 2.45) is 0 Å². The molecule has 0 aliphatic rings. The number of rotatable bonds is 7. The summed E-state index contributed by atoms with van der Waals surface area (Å²) in [5.41, 5.74) is 1.73. The van der Waals surface area contributed by atoms with E-state index in [9.17, 15) is 4.79 Å². The number of aromatic nitrogens is 2. The molecule has 1 N–H and O–H groups in total. The van der Waals surface area contributed by atoms with E-state index in [2.05, 4.69) is 15.5 Å². The third-order valence-corrected chi connectivity index (χ3v) is 3.67. The van der Waals surface area contributed by atoms with Gasteiger partial charge < -0.3 is 14.5 Å². The maximum atomic E-state index is 11.9. The maximum absolute atomic E-state index is 11.9. The number of benzene rings is 2. The molecule has 0 fully saturated rings. The summed E-state index contributed by atoms with van der Waals surface area (Å²) in [5, 5.41) is 10.9. The standard InChI is InChI=1S/C19H19N3O3/c1-24-16-10-6-5-9-15(16)19-22-21-18(25-19)11-12-20-17(23)13-14-7-3-2-4-8-14/h2-10H,11-13H2,1H3,(H,20,23). The van der Waals surface area contributed by atoms with Crippen molar-refractivity contribution in [2.75, 3.05) is 13.7 Å². The lowest BCUT2D eigenvalue weighted by atomic mass is 10.1. The van der Waals surface area contributed by atoms with Crippen LogP contribution in [0.5, 0.6) is 5.75 Å². The highest BCUT2D eigenvalue weighted by Gasteiger charge is 2.13. The van der Waals surface area contributed by atoms with Crippen LogP contribution in [0.4, 0.5) is 0 Å². The van der Waals surface area contributed by atoms with Gasteiger partial charge in [0, 0.05) is 13.0 Å². The lowest BCUT2D eigenvalue weighted by molar-refractivity contribution is -0.120. The van der Waals surface area contributed by atoms with E-state index in [0.717, 1.165) is 11.1 Å². The first-order valence-corrected chi connectivity index (χ1v) is 8.02. The Labute approximate surface area is 145 Å². The minimum absolute atomic E-state index is 0.0318. The van der Waals surface area contributed by atoms with Crippen LogP contribution in [0.2, 0.25) is 0 Å². The zero-order valence-corrected chi connectivity index (χ0v) is 13.9. The van der Waals surface area contributed by atoms with Crippen molar-refractivity contribution in [1.82, 2.24) is 15.5 Å². The van der Waals surface area contributed by atoms with Crippen LogP contribution < -0.4 is 10.1 Å². The van der Waals surface area contributed by atoms with Gasteiger partial charge in [-0.3, -0.25) is 4.79 Å². The van der Waals surface area contributed by atoms with Crippen LogP contribution in [0.3, 0.4) is 0 Å². The zero-order chi connectivity index (χ0) is 17.5.